The van der Waals surface area contributed by atoms with Gasteiger partial charge in [-0.05, 0) is 51.2 Å². The number of piperidine rings is 1. The van der Waals surface area contributed by atoms with Crippen LogP contribution in [-0.2, 0) is 0 Å². The highest BCUT2D eigenvalue weighted by Crippen LogP contribution is 2.31. The molecule has 1 heterocycles. The molecular weight excluding hydrogens is 259 g/mol. The molecule has 1 atom stereocenters. The van der Waals surface area contributed by atoms with Crippen LogP contribution in [0.2, 0.25) is 0 Å². The molecule has 19 heavy (non-hydrogen) atoms. The maximum absolute atomic E-state index is 12.4. The monoisotopic (exact) mass is 283 g/mol. The summed E-state index contributed by atoms with van der Waals surface area (Å²) >= 11 is 0. The van der Waals surface area contributed by atoms with E-state index in [0.717, 1.165) is 32.2 Å². The molecule has 2 N–H and O–H groups in total. The highest BCUT2D eigenvalue weighted by Gasteiger charge is 2.43. The van der Waals surface area contributed by atoms with Crippen molar-refractivity contribution in [3.63, 3.8) is 0 Å². The van der Waals surface area contributed by atoms with Crippen molar-refractivity contribution in [2.75, 3.05) is 26.2 Å². The minimum Gasteiger partial charge on any atom is -0.396 e. The molecule has 0 saturated carbocycles. The van der Waals surface area contributed by atoms with Crippen molar-refractivity contribution in [3.8, 4) is 0 Å². The lowest BCUT2D eigenvalue weighted by Gasteiger charge is -2.34. The van der Waals surface area contributed by atoms with Crippen molar-refractivity contribution < 1.29 is 23.4 Å². The summed E-state index contributed by atoms with van der Waals surface area (Å²) in [5.74, 6) is -0.648. The number of aliphatic hydroxyl groups excluding tert-OH is 2. The first kappa shape index (κ1) is 16.7. The van der Waals surface area contributed by atoms with E-state index in [2.05, 4.69) is 4.90 Å². The molecule has 1 fully saturated rings. The van der Waals surface area contributed by atoms with Crippen LogP contribution in [0.1, 0.15) is 38.5 Å². The number of halogens is 3. The van der Waals surface area contributed by atoms with Gasteiger partial charge in [0.05, 0.1) is 0 Å². The van der Waals surface area contributed by atoms with Crippen LogP contribution < -0.4 is 0 Å². The van der Waals surface area contributed by atoms with Gasteiger partial charge in [-0.25, -0.2) is 0 Å². The molecule has 3 nitrogen and oxygen atoms in total. The minimum absolute atomic E-state index is 0.223. The average Bonchev–Trinajstić information content (AvgIpc) is 2.37. The lowest BCUT2D eigenvalue weighted by Crippen LogP contribution is -2.43. The largest absolute Gasteiger partial charge is 0.414 e. The van der Waals surface area contributed by atoms with E-state index >= 15 is 0 Å². The number of unbranched alkanes of at least 4 members (excludes halogenated alkanes) is 3. The predicted molar refractivity (Wildman–Crippen MR) is 66.8 cm³/mol. The quantitative estimate of drug-likeness (QED) is 0.704. The van der Waals surface area contributed by atoms with E-state index in [1.54, 1.807) is 0 Å². The number of likely N-dealkylation sites (tertiary alicyclic amines) is 1. The fraction of sp³-hybridized carbons (Fsp3) is 1.00. The van der Waals surface area contributed by atoms with Crippen molar-refractivity contribution in [3.05, 3.63) is 0 Å². The Kier molecular flexibility index (Phi) is 7.10. The third kappa shape index (κ3) is 6.10. The molecule has 1 rings (SSSR count). The number of hydrogen-bond donors (Lipinski definition) is 2. The molecule has 6 heteroatoms. The van der Waals surface area contributed by atoms with E-state index in [1.165, 1.54) is 0 Å². The fourth-order valence-corrected chi connectivity index (χ4v) is 2.56. The van der Waals surface area contributed by atoms with Gasteiger partial charge < -0.3 is 15.1 Å². The van der Waals surface area contributed by atoms with Gasteiger partial charge in [-0.2, -0.15) is 13.2 Å². The molecule has 1 saturated heterocycles. The Morgan fingerprint density at radius 3 is 2.16 bits per heavy atom. The summed E-state index contributed by atoms with van der Waals surface area (Å²) in [6.45, 7) is 2.40. The van der Waals surface area contributed by atoms with Gasteiger partial charge in [0.2, 0.25) is 0 Å². The van der Waals surface area contributed by atoms with Crippen LogP contribution in [0.4, 0.5) is 13.2 Å². The van der Waals surface area contributed by atoms with Gasteiger partial charge in [-0.1, -0.05) is 12.8 Å². The maximum atomic E-state index is 12.4. The smallest absolute Gasteiger partial charge is 0.396 e. The van der Waals surface area contributed by atoms with Crippen molar-refractivity contribution in [1.82, 2.24) is 4.90 Å². The molecule has 0 amide bonds. The maximum Gasteiger partial charge on any atom is 0.414 e. The van der Waals surface area contributed by atoms with Gasteiger partial charge >= 0.3 is 6.18 Å². The van der Waals surface area contributed by atoms with Crippen LogP contribution in [0.5, 0.6) is 0 Å². The van der Waals surface area contributed by atoms with Crippen LogP contribution in [-0.4, -0.2) is 53.6 Å². The van der Waals surface area contributed by atoms with Gasteiger partial charge in [0.1, 0.15) is 0 Å². The van der Waals surface area contributed by atoms with Crippen LogP contribution in [0.15, 0.2) is 0 Å². The number of aliphatic hydroxyl groups is 2. The standard InChI is InChI=1S/C13H24F3NO2/c14-13(15,16)12(19)11-5-8-17(9-6-11)7-3-1-2-4-10-18/h11-12,18-19H,1-10H2. The number of alkyl halides is 3. The fourth-order valence-electron chi connectivity index (χ4n) is 2.56. The third-order valence-corrected chi connectivity index (χ3v) is 3.80. The molecule has 114 valence electrons. The molecule has 0 radical (unpaired) electrons. The second kappa shape index (κ2) is 8.07. The van der Waals surface area contributed by atoms with E-state index in [0.29, 0.717) is 25.9 Å². The van der Waals surface area contributed by atoms with Gasteiger partial charge in [0, 0.05) is 6.61 Å². The Balaban J connectivity index is 2.15. The van der Waals surface area contributed by atoms with Crippen LogP contribution in [0, 0.1) is 5.92 Å². The summed E-state index contributed by atoms with van der Waals surface area (Å²) in [5, 5.41) is 17.8. The normalized spacial score (nSPS) is 20.7. The SMILES string of the molecule is OCCCCCCN1CCC(C(O)C(F)(F)F)CC1. The Bertz CT molecular complexity index is 241. The second-order valence-electron chi connectivity index (χ2n) is 5.30. The predicted octanol–water partition coefficient (Wildman–Crippen LogP) is 2.17. The van der Waals surface area contributed by atoms with E-state index in [-0.39, 0.29) is 6.61 Å². The number of nitrogens with zero attached hydrogens (tertiary/aromatic N) is 1. The summed E-state index contributed by atoms with van der Waals surface area (Å²) in [4.78, 5) is 2.17. The van der Waals surface area contributed by atoms with E-state index in [9.17, 15) is 18.3 Å². The Labute approximate surface area is 112 Å². The highest BCUT2D eigenvalue weighted by molar-refractivity contribution is 4.81. The molecule has 0 aromatic heterocycles. The zero-order valence-corrected chi connectivity index (χ0v) is 11.2. The van der Waals surface area contributed by atoms with E-state index < -0.39 is 18.2 Å². The van der Waals surface area contributed by atoms with Crippen LogP contribution in [0.3, 0.4) is 0 Å². The minimum atomic E-state index is -4.49. The van der Waals surface area contributed by atoms with Gasteiger partial charge in [0.25, 0.3) is 0 Å². The van der Waals surface area contributed by atoms with Crippen molar-refractivity contribution in [2.45, 2.75) is 50.8 Å². The summed E-state index contributed by atoms with van der Waals surface area (Å²) in [6.07, 6.45) is -1.94. The number of rotatable bonds is 7. The number of hydrogen-bond acceptors (Lipinski definition) is 3. The molecule has 1 aliphatic heterocycles. The zero-order valence-electron chi connectivity index (χ0n) is 11.2. The molecule has 0 bridgehead atoms. The summed E-state index contributed by atoms with van der Waals surface area (Å²) in [6, 6.07) is 0. The molecule has 1 unspecified atom stereocenters. The molecule has 0 aromatic rings. The first-order valence-corrected chi connectivity index (χ1v) is 7.03. The van der Waals surface area contributed by atoms with Gasteiger partial charge in [-0.15, -0.1) is 0 Å². The average molecular weight is 283 g/mol. The second-order valence-corrected chi connectivity index (χ2v) is 5.30. The van der Waals surface area contributed by atoms with Crippen molar-refractivity contribution >= 4 is 0 Å². The first-order valence-electron chi connectivity index (χ1n) is 7.03. The van der Waals surface area contributed by atoms with E-state index in [1.807, 2.05) is 0 Å². The van der Waals surface area contributed by atoms with Crippen molar-refractivity contribution in [1.29, 1.82) is 0 Å². The van der Waals surface area contributed by atoms with Crippen molar-refractivity contribution in [2.24, 2.45) is 5.92 Å². The zero-order chi connectivity index (χ0) is 14.3. The summed E-state index contributed by atoms with van der Waals surface area (Å²) in [5.41, 5.74) is 0. The highest BCUT2D eigenvalue weighted by atomic mass is 19.4. The summed E-state index contributed by atoms with van der Waals surface area (Å²) < 4.78 is 37.1. The molecule has 0 spiro atoms. The van der Waals surface area contributed by atoms with Gasteiger partial charge in [-0.3, -0.25) is 0 Å². The van der Waals surface area contributed by atoms with Crippen LogP contribution >= 0.6 is 0 Å². The molecule has 0 aromatic carbocycles. The summed E-state index contributed by atoms with van der Waals surface area (Å²) in [7, 11) is 0. The molecular formula is C13H24F3NO2. The lowest BCUT2D eigenvalue weighted by atomic mass is 9.91. The third-order valence-electron chi connectivity index (χ3n) is 3.80. The first-order chi connectivity index (χ1) is 8.95. The van der Waals surface area contributed by atoms with Crippen LogP contribution in [0.25, 0.3) is 0 Å². The Hall–Kier alpha value is -0.330. The molecule has 0 aliphatic carbocycles. The van der Waals surface area contributed by atoms with E-state index in [4.69, 9.17) is 5.11 Å². The Morgan fingerprint density at radius 1 is 1.05 bits per heavy atom. The molecule has 1 aliphatic rings. The lowest BCUT2D eigenvalue weighted by molar-refractivity contribution is -0.223. The van der Waals surface area contributed by atoms with Gasteiger partial charge in [0.15, 0.2) is 6.10 Å². The topological polar surface area (TPSA) is 43.7 Å². The Morgan fingerprint density at radius 2 is 1.63 bits per heavy atom.